The predicted octanol–water partition coefficient (Wildman–Crippen LogP) is 3.05. The van der Waals surface area contributed by atoms with Crippen molar-refractivity contribution in [3.8, 4) is 0 Å². The van der Waals surface area contributed by atoms with Gasteiger partial charge in [0.25, 0.3) is 0 Å². The maximum atomic E-state index is 8.94. The Balaban J connectivity index is 1.96. The largest absolute Gasteiger partial charge is 0.396 e. The van der Waals surface area contributed by atoms with Gasteiger partial charge in [-0.15, -0.1) is 0 Å². The van der Waals surface area contributed by atoms with Crippen LogP contribution in [0.3, 0.4) is 0 Å². The van der Waals surface area contributed by atoms with Crippen molar-refractivity contribution in [2.45, 2.75) is 44.9 Å². The molecule has 2 heteroatoms. The molecule has 1 aromatic rings. The van der Waals surface area contributed by atoms with E-state index in [2.05, 4.69) is 18.0 Å². The van der Waals surface area contributed by atoms with E-state index < -0.39 is 0 Å². The van der Waals surface area contributed by atoms with E-state index in [0.717, 1.165) is 18.3 Å². The van der Waals surface area contributed by atoms with Gasteiger partial charge in [0.1, 0.15) is 0 Å². The number of aliphatic hydroxyl groups is 1. The number of aromatic nitrogens is 1. The second kappa shape index (κ2) is 5.44. The summed E-state index contributed by atoms with van der Waals surface area (Å²) < 4.78 is 0. The van der Waals surface area contributed by atoms with Crippen LogP contribution < -0.4 is 0 Å². The molecule has 0 atom stereocenters. The Bertz CT molecular complexity index is 329. The molecule has 1 saturated carbocycles. The van der Waals surface area contributed by atoms with Crippen molar-refractivity contribution in [1.82, 2.24) is 4.98 Å². The molecular weight excluding hydrogens is 198 g/mol. The molecule has 1 aliphatic carbocycles. The van der Waals surface area contributed by atoms with E-state index in [0.29, 0.717) is 6.61 Å². The van der Waals surface area contributed by atoms with Gasteiger partial charge in [0.05, 0.1) is 0 Å². The van der Waals surface area contributed by atoms with Gasteiger partial charge in [-0.05, 0) is 68.1 Å². The minimum Gasteiger partial charge on any atom is -0.396 e. The first-order valence-electron chi connectivity index (χ1n) is 6.32. The monoisotopic (exact) mass is 219 g/mol. The number of aryl methyl sites for hydroxylation is 1. The van der Waals surface area contributed by atoms with E-state index >= 15 is 0 Å². The van der Waals surface area contributed by atoms with E-state index in [1.54, 1.807) is 0 Å². The number of pyridine rings is 1. The third-order valence-corrected chi connectivity index (χ3v) is 3.89. The summed E-state index contributed by atoms with van der Waals surface area (Å²) in [5.41, 5.74) is 2.81. The van der Waals surface area contributed by atoms with Crippen molar-refractivity contribution >= 4 is 0 Å². The molecule has 2 rings (SSSR count). The van der Waals surface area contributed by atoms with Crippen LogP contribution in [0.5, 0.6) is 0 Å². The summed E-state index contributed by atoms with van der Waals surface area (Å²) in [7, 11) is 0. The highest BCUT2D eigenvalue weighted by atomic mass is 16.3. The van der Waals surface area contributed by atoms with Crippen molar-refractivity contribution in [2.24, 2.45) is 5.92 Å². The van der Waals surface area contributed by atoms with Crippen LogP contribution >= 0.6 is 0 Å². The Kier molecular flexibility index (Phi) is 3.94. The van der Waals surface area contributed by atoms with Gasteiger partial charge in [-0.1, -0.05) is 0 Å². The lowest BCUT2D eigenvalue weighted by Crippen LogP contribution is -2.15. The molecule has 2 nitrogen and oxygen atoms in total. The van der Waals surface area contributed by atoms with Crippen molar-refractivity contribution in [3.63, 3.8) is 0 Å². The first-order chi connectivity index (χ1) is 7.81. The number of nitrogens with zero attached hydrogens (tertiary/aromatic N) is 1. The van der Waals surface area contributed by atoms with E-state index in [1.807, 2.05) is 12.4 Å². The van der Waals surface area contributed by atoms with Gasteiger partial charge < -0.3 is 5.11 Å². The van der Waals surface area contributed by atoms with Crippen LogP contribution in [0, 0.1) is 12.8 Å². The summed E-state index contributed by atoms with van der Waals surface area (Å²) >= 11 is 0. The Morgan fingerprint density at radius 2 is 2.06 bits per heavy atom. The predicted molar refractivity (Wildman–Crippen MR) is 65.4 cm³/mol. The highest BCUT2D eigenvalue weighted by molar-refractivity contribution is 5.26. The summed E-state index contributed by atoms with van der Waals surface area (Å²) in [6.07, 6.45) is 9.95. The fourth-order valence-electron chi connectivity index (χ4n) is 2.89. The molecule has 0 unspecified atom stereocenters. The molecule has 0 aromatic carbocycles. The number of rotatable bonds is 3. The first kappa shape index (κ1) is 11.6. The fourth-order valence-corrected chi connectivity index (χ4v) is 2.89. The van der Waals surface area contributed by atoms with Crippen molar-refractivity contribution < 1.29 is 5.11 Å². The summed E-state index contributed by atoms with van der Waals surface area (Å²) in [6, 6.07) is 2.17. The molecule has 16 heavy (non-hydrogen) atoms. The van der Waals surface area contributed by atoms with Crippen molar-refractivity contribution in [1.29, 1.82) is 0 Å². The third-order valence-electron chi connectivity index (χ3n) is 3.89. The van der Waals surface area contributed by atoms with Crippen LogP contribution in [0.4, 0.5) is 0 Å². The average molecular weight is 219 g/mol. The highest BCUT2D eigenvalue weighted by Crippen LogP contribution is 2.37. The van der Waals surface area contributed by atoms with E-state index in [9.17, 15) is 0 Å². The topological polar surface area (TPSA) is 33.1 Å². The summed E-state index contributed by atoms with van der Waals surface area (Å²) in [6.45, 7) is 2.51. The molecule has 0 bridgehead atoms. The summed E-state index contributed by atoms with van der Waals surface area (Å²) in [5.74, 6) is 1.47. The van der Waals surface area contributed by atoms with Crippen LogP contribution in [0.25, 0.3) is 0 Å². The molecule has 88 valence electrons. The van der Waals surface area contributed by atoms with Gasteiger partial charge in [0.15, 0.2) is 0 Å². The Hall–Kier alpha value is -0.890. The Labute approximate surface area is 97.7 Å². The normalized spacial score (nSPS) is 25.6. The summed E-state index contributed by atoms with van der Waals surface area (Å²) in [5, 5.41) is 8.94. The molecule has 0 aliphatic heterocycles. The van der Waals surface area contributed by atoms with Crippen LogP contribution in [0.15, 0.2) is 18.5 Å². The van der Waals surface area contributed by atoms with Crippen LogP contribution in [-0.2, 0) is 0 Å². The maximum Gasteiger partial charge on any atom is 0.0433 e. The van der Waals surface area contributed by atoms with Crippen LogP contribution in [-0.4, -0.2) is 16.7 Å². The zero-order valence-electron chi connectivity index (χ0n) is 10.0. The highest BCUT2D eigenvalue weighted by Gasteiger charge is 2.22. The van der Waals surface area contributed by atoms with Gasteiger partial charge in [0, 0.05) is 19.0 Å². The zero-order valence-corrected chi connectivity index (χ0v) is 10.0. The molecule has 0 radical (unpaired) electrons. The molecule has 0 saturated heterocycles. The average Bonchev–Trinajstić information content (AvgIpc) is 2.31. The van der Waals surface area contributed by atoms with Gasteiger partial charge >= 0.3 is 0 Å². The minimum atomic E-state index is 0.351. The lowest BCUT2D eigenvalue weighted by Gasteiger charge is -2.29. The maximum absolute atomic E-state index is 8.94. The zero-order chi connectivity index (χ0) is 11.4. The van der Waals surface area contributed by atoms with Crippen LogP contribution in [0.2, 0.25) is 0 Å². The quantitative estimate of drug-likeness (QED) is 0.847. The molecule has 1 heterocycles. The van der Waals surface area contributed by atoms with E-state index in [-0.39, 0.29) is 0 Å². The van der Waals surface area contributed by atoms with E-state index in [4.69, 9.17) is 5.11 Å². The van der Waals surface area contributed by atoms with Crippen molar-refractivity contribution in [2.75, 3.05) is 6.61 Å². The molecule has 0 amide bonds. The lowest BCUT2D eigenvalue weighted by molar-refractivity contribution is 0.222. The Morgan fingerprint density at radius 3 is 2.69 bits per heavy atom. The second-order valence-electron chi connectivity index (χ2n) is 4.96. The summed E-state index contributed by atoms with van der Waals surface area (Å²) in [4.78, 5) is 4.15. The first-order valence-corrected chi connectivity index (χ1v) is 6.32. The fraction of sp³-hybridized carbons (Fsp3) is 0.643. The smallest absolute Gasteiger partial charge is 0.0433 e. The SMILES string of the molecule is Cc1cnccc1C1CCC(CCO)CC1. The van der Waals surface area contributed by atoms with Gasteiger partial charge in [0.2, 0.25) is 0 Å². The molecule has 1 fully saturated rings. The van der Waals surface area contributed by atoms with Gasteiger partial charge in [-0.2, -0.15) is 0 Å². The van der Waals surface area contributed by atoms with E-state index in [1.165, 1.54) is 36.8 Å². The molecule has 1 N–H and O–H groups in total. The minimum absolute atomic E-state index is 0.351. The van der Waals surface area contributed by atoms with Crippen molar-refractivity contribution in [3.05, 3.63) is 29.6 Å². The van der Waals surface area contributed by atoms with Gasteiger partial charge in [-0.3, -0.25) is 4.98 Å². The third kappa shape index (κ3) is 2.62. The molecule has 1 aliphatic rings. The molecule has 0 spiro atoms. The number of aliphatic hydroxyl groups excluding tert-OH is 1. The van der Waals surface area contributed by atoms with Gasteiger partial charge in [-0.25, -0.2) is 0 Å². The molecular formula is C14H21NO. The Morgan fingerprint density at radius 1 is 1.31 bits per heavy atom. The number of hydrogen-bond acceptors (Lipinski definition) is 2. The lowest BCUT2D eigenvalue weighted by atomic mass is 9.77. The standard InChI is InChI=1S/C14H21NO/c1-11-10-15-8-6-14(11)13-4-2-12(3-5-13)7-9-16/h6,8,10,12-13,16H,2-5,7,9H2,1H3. The second-order valence-corrected chi connectivity index (χ2v) is 4.96. The number of hydrogen-bond donors (Lipinski definition) is 1. The van der Waals surface area contributed by atoms with Crippen LogP contribution in [0.1, 0.15) is 49.1 Å². The molecule has 1 aromatic heterocycles.